The van der Waals surface area contributed by atoms with E-state index in [4.69, 9.17) is 11.6 Å². The lowest BCUT2D eigenvalue weighted by Crippen LogP contribution is -2.55. The SMILES string of the molecule is CC(=O)CNC(=O)C1CCC(NC(=O)N[C@@](Cc2ccccc2)(c2cc(F)cc(OC(F)(F)C(F)F)c2)c2ccc(Cl)cn2)CC1. The molecule has 2 aromatic carbocycles. The van der Waals surface area contributed by atoms with E-state index in [1.807, 2.05) is 0 Å². The molecule has 0 radical (unpaired) electrons. The molecule has 0 saturated heterocycles. The van der Waals surface area contributed by atoms with Crippen molar-refractivity contribution in [3.05, 3.63) is 94.5 Å². The van der Waals surface area contributed by atoms with Crippen LogP contribution in [0.15, 0.2) is 66.9 Å². The molecule has 0 spiro atoms. The van der Waals surface area contributed by atoms with Gasteiger partial charge in [0, 0.05) is 30.6 Å². The van der Waals surface area contributed by atoms with Crippen molar-refractivity contribution in [1.82, 2.24) is 20.9 Å². The second kappa shape index (κ2) is 14.9. The van der Waals surface area contributed by atoms with E-state index in [0.29, 0.717) is 37.3 Å². The van der Waals surface area contributed by atoms with Gasteiger partial charge in [-0.15, -0.1) is 0 Å². The minimum absolute atomic E-state index is 0.0612. The summed E-state index contributed by atoms with van der Waals surface area (Å²) in [5, 5.41) is 8.56. The summed E-state index contributed by atoms with van der Waals surface area (Å²) in [5.74, 6) is -2.72. The molecule has 0 unspecified atom stereocenters. The van der Waals surface area contributed by atoms with Crippen LogP contribution in [-0.2, 0) is 21.5 Å². The van der Waals surface area contributed by atoms with Crippen LogP contribution in [0.1, 0.15) is 49.4 Å². The lowest BCUT2D eigenvalue weighted by molar-refractivity contribution is -0.253. The average molecular weight is 667 g/mol. The van der Waals surface area contributed by atoms with Crippen LogP contribution < -0.4 is 20.7 Å². The molecule has 3 aromatic rings. The Morgan fingerprint density at radius 1 is 1.02 bits per heavy atom. The molecule has 1 heterocycles. The summed E-state index contributed by atoms with van der Waals surface area (Å²) in [6, 6.07) is 13.0. The number of rotatable bonds is 12. The molecular weight excluding hydrogens is 635 g/mol. The zero-order chi connectivity index (χ0) is 33.5. The van der Waals surface area contributed by atoms with Gasteiger partial charge in [0.2, 0.25) is 5.91 Å². The second-order valence-corrected chi connectivity index (χ2v) is 11.6. The third kappa shape index (κ3) is 8.93. The minimum atomic E-state index is -4.92. The molecule has 0 aliphatic heterocycles. The summed E-state index contributed by atoms with van der Waals surface area (Å²) in [6.07, 6.45) is -6.11. The molecule has 246 valence electrons. The maximum absolute atomic E-state index is 15.0. The average Bonchev–Trinajstić information content (AvgIpc) is 3.00. The number of ketones is 1. The number of carbonyl (C=O) groups excluding carboxylic acids is 3. The molecule has 0 bridgehead atoms. The van der Waals surface area contributed by atoms with Crippen LogP contribution in [0.25, 0.3) is 0 Å². The summed E-state index contributed by atoms with van der Waals surface area (Å²) in [4.78, 5) is 41.7. The molecule has 4 rings (SSSR count). The largest absolute Gasteiger partial charge is 0.461 e. The van der Waals surface area contributed by atoms with Gasteiger partial charge in [-0.05, 0) is 68.0 Å². The molecule has 8 nitrogen and oxygen atoms in total. The normalized spacial score (nSPS) is 17.9. The highest BCUT2D eigenvalue weighted by molar-refractivity contribution is 6.30. The molecule has 3 amide bonds. The number of carbonyl (C=O) groups is 3. The maximum Gasteiger partial charge on any atom is 0.461 e. The summed E-state index contributed by atoms with van der Waals surface area (Å²) >= 11 is 6.08. The molecule has 1 aliphatic carbocycles. The quantitative estimate of drug-likeness (QED) is 0.201. The number of ether oxygens (including phenoxy) is 1. The predicted octanol–water partition coefficient (Wildman–Crippen LogP) is 6.16. The van der Waals surface area contributed by atoms with Gasteiger partial charge < -0.3 is 20.7 Å². The number of alkyl halides is 4. The smallest absolute Gasteiger partial charge is 0.428 e. The Morgan fingerprint density at radius 3 is 2.33 bits per heavy atom. The zero-order valence-corrected chi connectivity index (χ0v) is 25.4. The van der Waals surface area contributed by atoms with Crippen molar-refractivity contribution in [2.45, 2.75) is 63.1 Å². The molecule has 1 aromatic heterocycles. The summed E-state index contributed by atoms with van der Waals surface area (Å²) < 4.78 is 73.0. The van der Waals surface area contributed by atoms with Crippen LogP contribution in [0.2, 0.25) is 5.02 Å². The first kappa shape index (κ1) is 34.6. The first-order chi connectivity index (χ1) is 21.8. The fraction of sp³-hybridized carbons (Fsp3) is 0.375. The Kier molecular flexibility index (Phi) is 11.2. The number of aromatic nitrogens is 1. The van der Waals surface area contributed by atoms with Gasteiger partial charge in [0.1, 0.15) is 22.9 Å². The van der Waals surface area contributed by atoms with E-state index in [1.165, 1.54) is 25.3 Å². The van der Waals surface area contributed by atoms with E-state index in [-0.39, 0.29) is 52.9 Å². The minimum Gasteiger partial charge on any atom is -0.428 e. The maximum atomic E-state index is 15.0. The van der Waals surface area contributed by atoms with Crippen LogP contribution in [0, 0.1) is 11.7 Å². The van der Waals surface area contributed by atoms with E-state index >= 15 is 4.39 Å². The van der Waals surface area contributed by atoms with Gasteiger partial charge >= 0.3 is 18.6 Å². The number of urea groups is 1. The van der Waals surface area contributed by atoms with Crippen molar-refractivity contribution in [1.29, 1.82) is 0 Å². The van der Waals surface area contributed by atoms with Crippen molar-refractivity contribution in [3.8, 4) is 5.75 Å². The highest BCUT2D eigenvalue weighted by atomic mass is 35.5. The first-order valence-corrected chi connectivity index (χ1v) is 14.8. The Balaban J connectivity index is 1.68. The first-order valence-electron chi connectivity index (χ1n) is 14.5. The summed E-state index contributed by atoms with van der Waals surface area (Å²) in [6.45, 7) is 1.31. The third-order valence-electron chi connectivity index (χ3n) is 7.62. The molecule has 14 heteroatoms. The van der Waals surface area contributed by atoms with E-state index in [1.54, 1.807) is 30.3 Å². The number of hydrogen-bond acceptors (Lipinski definition) is 5. The number of Topliss-reactive ketones (excluding diaryl/α,β-unsaturated/α-hetero) is 1. The molecule has 1 aliphatic rings. The van der Waals surface area contributed by atoms with Crippen molar-refractivity contribution in [2.75, 3.05) is 6.54 Å². The number of pyridine rings is 1. The van der Waals surface area contributed by atoms with Crippen molar-refractivity contribution >= 4 is 29.3 Å². The molecular formula is C32H32ClF5N4O4. The van der Waals surface area contributed by atoms with E-state index in [0.717, 1.165) is 12.1 Å². The molecule has 1 saturated carbocycles. The number of benzene rings is 2. The standard InChI is InChI=1S/C32H32ClF5N4O4/c1-19(43)17-40-28(44)21-7-10-25(11-8-21)41-30(45)42-31(16-20-5-3-2-4-6-20,27-12-9-23(33)18-39-27)22-13-24(34)15-26(14-22)46-32(37,38)29(35)36/h2-6,9,12-15,18,21,25,29H,7-8,10-11,16-17H2,1H3,(H,40,44)(H2,41,42,45)/t21?,25?,31-/m0/s1. The Bertz CT molecular complexity index is 1520. The van der Waals surface area contributed by atoms with Gasteiger partial charge in [0.05, 0.1) is 17.3 Å². The number of hydrogen-bond donors (Lipinski definition) is 3. The number of halogens is 6. The Morgan fingerprint density at radius 2 is 1.72 bits per heavy atom. The molecule has 1 atom stereocenters. The summed E-state index contributed by atoms with van der Waals surface area (Å²) in [5.41, 5.74) is -1.10. The van der Waals surface area contributed by atoms with Crippen molar-refractivity contribution in [2.24, 2.45) is 5.92 Å². The lowest BCUT2D eigenvalue weighted by atomic mass is 9.80. The Labute approximate surface area is 267 Å². The fourth-order valence-electron chi connectivity index (χ4n) is 5.39. The highest BCUT2D eigenvalue weighted by Gasteiger charge is 2.45. The van der Waals surface area contributed by atoms with Gasteiger partial charge in [-0.3, -0.25) is 14.6 Å². The monoisotopic (exact) mass is 666 g/mol. The van der Waals surface area contributed by atoms with Crippen molar-refractivity contribution < 1.29 is 41.1 Å². The van der Waals surface area contributed by atoms with Gasteiger partial charge in [-0.1, -0.05) is 41.9 Å². The van der Waals surface area contributed by atoms with E-state index < -0.39 is 35.7 Å². The topological polar surface area (TPSA) is 109 Å². The van der Waals surface area contributed by atoms with Crippen molar-refractivity contribution in [3.63, 3.8) is 0 Å². The van der Waals surface area contributed by atoms with Crippen LogP contribution in [0.3, 0.4) is 0 Å². The zero-order valence-electron chi connectivity index (χ0n) is 24.7. The molecule has 1 fully saturated rings. The number of nitrogens with one attached hydrogen (secondary N) is 3. The van der Waals surface area contributed by atoms with Gasteiger partial charge in [-0.2, -0.15) is 17.6 Å². The second-order valence-electron chi connectivity index (χ2n) is 11.1. The van der Waals surface area contributed by atoms with Crippen LogP contribution >= 0.6 is 11.6 Å². The number of amides is 3. The fourth-order valence-corrected chi connectivity index (χ4v) is 5.50. The van der Waals surface area contributed by atoms with Gasteiger partial charge in [0.15, 0.2) is 0 Å². The van der Waals surface area contributed by atoms with E-state index in [9.17, 15) is 31.9 Å². The predicted molar refractivity (Wildman–Crippen MR) is 159 cm³/mol. The molecule has 46 heavy (non-hydrogen) atoms. The molecule has 3 N–H and O–H groups in total. The number of nitrogens with zero attached hydrogens (tertiary/aromatic N) is 1. The van der Waals surface area contributed by atoms with Gasteiger partial charge in [0.25, 0.3) is 0 Å². The Hall–Kier alpha value is -4.26. The van der Waals surface area contributed by atoms with Crippen LogP contribution in [-0.4, -0.2) is 47.8 Å². The summed E-state index contributed by atoms with van der Waals surface area (Å²) in [7, 11) is 0. The van der Waals surface area contributed by atoms with E-state index in [2.05, 4.69) is 25.7 Å². The highest BCUT2D eigenvalue weighted by Crippen LogP contribution is 2.37. The van der Waals surface area contributed by atoms with Crippen LogP contribution in [0.4, 0.5) is 26.7 Å². The lowest BCUT2D eigenvalue weighted by Gasteiger charge is -2.37. The third-order valence-corrected chi connectivity index (χ3v) is 7.84. The van der Waals surface area contributed by atoms with Gasteiger partial charge in [-0.25, -0.2) is 9.18 Å². The van der Waals surface area contributed by atoms with Crippen LogP contribution in [0.5, 0.6) is 5.75 Å².